The molecule has 0 saturated carbocycles. The number of tetrazole rings is 1. The zero-order valence-corrected chi connectivity index (χ0v) is 16.0. The van der Waals surface area contributed by atoms with Crippen molar-refractivity contribution < 1.29 is 9.53 Å². The number of hydrogen-bond donors (Lipinski definition) is 1. The molecule has 144 valence electrons. The van der Waals surface area contributed by atoms with Crippen LogP contribution >= 0.6 is 11.6 Å². The quantitative estimate of drug-likeness (QED) is 0.746. The smallest absolute Gasteiger partial charge is 0.246 e. The van der Waals surface area contributed by atoms with Crippen LogP contribution in [-0.2, 0) is 16.1 Å². The van der Waals surface area contributed by atoms with Gasteiger partial charge in [-0.05, 0) is 54.4 Å². The van der Waals surface area contributed by atoms with Gasteiger partial charge in [-0.25, -0.2) is 0 Å². The maximum atomic E-state index is 12.5. The van der Waals surface area contributed by atoms with Crippen molar-refractivity contribution in [1.82, 2.24) is 25.1 Å². The fourth-order valence-corrected chi connectivity index (χ4v) is 3.16. The van der Waals surface area contributed by atoms with Gasteiger partial charge in [0.1, 0.15) is 0 Å². The fourth-order valence-electron chi connectivity index (χ4n) is 2.96. The van der Waals surface area contributed by atoms with E-state index in [9.17, 15) is 4.79 Å². The number of carbonyl (C=O) groups excluding carboxylic acids is 1. The average Bonchev–Trinajstić information content (AvgIpc) is 3.06. The number of morpholine rings is 1. The Morgan fingerprint density at radius 1 is 1.48 bits per heavy atom. The average molecular weight is 391 g/mol. The van der Waals surface area contributed by atoms with Gasteiger partial charge >= 0.3 is 0 Å². The molecule has 0 radical (unpaired) electrons. The topological polar surface area (TPSA) is 99.2 Å². The zero-order chi connectivity index (χ0) is 19.2. The molecule has 0 spiro atoms. The number of rotatable bonds is 6. The Kier molecular flexibility index (Phi) is 6.54. The fraction of sp³-hybridized carbons (Fsp3) is 0.444. The van der Waals surface area contributed by atoms with Gasteiger partial charge in [-0.15, -0.1) is 10.2 Å². The number of aryl methyl sites for hydroxylation is 1. The van der Waals surface area contributed by atoms with Crippen LogP contribution in [0.1, 0.15) is 23.4 Å². The second kappa shape index (κ2) is 9.07. The number of hydrogen-bond acceptors (Lipinski definition) is 6. The van der Waals surface area contributed by atoms with Crippen LogP contribution in [0, 0.1) is 6.92 Å². The Bertz CT molecular complexity index is 820. The predicted octanol–water partition coefficient (Wildman–Crippen LogP) is 1.27. The molecule has 27 heavy (non-hydrogen) atoms. The Morgan fingerprint density at radius 3 is 3.07 bits per heavy atom. The third-order valence-electron chi connectivity index (χ3n) is 4.31. The molecular formula is C18H23ClN6O2. The van der Waals surface area contributed by atoms with Gasteiger partial charge < -0.3 is 15.4 Å². The number of aromatic nitrogens is 4. The summed E-state index contributed by atoms with van der Waals surface area (Å²) < 4.78 is 5.63. The molecule has 1 aromatic carbocycles. The first-order valence-corrected chi connectivity index (χ1v) is 9.24. The van der Waals surface area contributed by atoms with Gasteiger partial charge in [-0.1, -0.05) is 17.7 Å². The standard InChI is InChI=1S/C18H23ClN6O2/c1-13-21-23-25(22-13)11-15-10-16(19)4-2-14(15)3-5-18(26)24-8-9-27-17(12-24)6-7-20/h2-5,10,17H,6-9,11-12,20H2,1H3. The van der Waals surface area contributed by atoms with Crippen LogP contribution in [0.4, 0.5) is 0 Å². The highest BCUT2D eigenvalue weighted by Crippen LogP contribution is 2.19. The SMILES string of the molecule is Cc1nnn(Cc2cc(Cl)ccc2C=CC(=O)N2CCOC(CCN)C2)n1. The van der Waals surface area contributed by atoms with E-state index in [1.807, 2.05) is 12.1 Å². The van der Waals surface area contributed by atoms with Crippen molar-refractivity contribution in [2.45, 2.75) is 26.0 Å². The van der Waals surface area contributed by atoms with E-state index in [1.165, 1.54) is 4.80 Å². The summed E-state index contributed by atoms with van der Waals surface area (Å²) in [5.41, 5.74) is 7.38. The van der Waals surface area contributed by atoms with E-state index in [2.05, 4.69) is 15.4 Å². The second-order valence-electron chi connectivity index (χ2n) is 6.40. The highest BCUT2D eigenvalue weighted by molar-refractivity contribution is 6.30. The highest BCUT2D eigenvalue weighted by atomic mass is 35.5. The summed E-state index contributed by atoms with van der Waals surface area (Å²) in [6.07, 6.45) is 4.14. The second-order valence-corrected chi connectivity index (χ2v) is 6.83. The Labute approximate surface area is 162 Å². The third-order valence-corrected chi connectivity index (χ3v) is 4.55. The van der Waals surface area contributed by atoms with E-state index in [4.69, 9.17) is 22.1 Å². The summed E-state index contributed by atoms with van der Waals surface area (Å²) in [6.45, 7) is 4.43. The number of halogens is 1. The van der Waals surface area contributed by atoms with Crippen molar-refractivity contribution >= 4 is 23.6 Å². The van der Waals surface area contributed by atoms with Crippen molar-refractivity contribution in [2.75, 3.05) is 26.2 Å². The summed E-state index contributed by atoms with van der Waals surface area (Å²) >= 11 is 6.13. The van der Waals surface area contributed by atoms with Crippen LogP contribution in [0.5, 0.6) is 0 Å². The van der Waals surface area contributed by atoms with E-state index in [1.54, 1.807) is 30.0 Å². The van der Waals surface area contributed by atoms with E-state index >= 15 is 0 Å². The van der Waals surface area contributed by atoms with Gasteiger partial charge in [0, 0.05) is 24.2 Å². The van der Waals surface area contributed by atoms with Crippen LogP contribution in [0.25, 0.3) is 6.08 Å². The third kappa shape index (κ3) is 5.35. The monoisotopic (exact) mass is 390 g/mol. The maximum absolute atomic E-state index is 12.5. The van der Waals surface area contributed by atoms with Gasteiger partial charge in [-0.2, -0.15) is 4.80 Å². The van der Waals surface area contributed by atoms with Gasteiger partial charge in [0.05, 0.1) is 19.3 Å². The minimum atomic E-state index is -0.0454. The molecule has 0 bridgehead atoms. The van der Waals surface area contributed by atoms with E-state index < -0.39 is 0 Å². The van der Waals surface area contributed by atoms with Crippen LogP contribution in [0.15, 0.2) is 24.3 Å². The Hall–Kier alpha value is -2.29. The van der Waals surface area contributed by atoms with Gasteiger partial charge in [0.25, 0.3) is 0 Å². The van der Waals surface area contributed by atoms with E-state index in [0.717, 1.165) is 17.5 Å². The molecule has 1 atom stereocenters. The maximum Gasteiger partial charge on any atom is 0.246 e. The summed E-state index contributed by atoms with van der Waals surface area (Å²) in [4.78, 5) is 15.8. The van der Waals surface area contributed by atoms with Gasteiger partial charge in [0.15, 0.2) is 5.82 Å². The minimum absolute atomic E-state index is 0.00817. The first-order chi connectivity index (χ1) is 13.0. The van der Waals surface area contributed by atoms with Crippen molar-refractivity contribution in [1.29, 1.82) is 0 Å². The number of carbonyl (C=O) groups is 1. The molecule has 1 fully saturated rings. The lowest BCUT2D eigenvalue weighted by Crippen LogP contribution is -2.45. The molecule has 1 aromatic heterocycles. The van der Waals surface area contributed by atoms with E-state index in [0.29, 0.717) is 43.6 Å². The number of nitrogens with two attached hydrogens (primary N) is 1. The Morgan fingerprint density at radius 2 is 2.33 bits per heavy atom. The minimum Gasteiger partial charge on any atom is -0.374 e. The summed E-state index contributed by atoms with van der Waals surface area (Å²) in [7, 11) is 0. The lowest BCUT2D eigenvalue weighted by Gasteiger charge is -2.32. The first-order valence-electron chi connectivity index (χ1n) is 8.86. The molecule has 1 amide bonds. The van der Waals surface area contributed by atoms with Crippen molar-refractivity contribution in [3.63, 3.8) is 0 Å². The molecule has 1 aliphatic heterocycles. The summed E-state index contributed by atoms with van der Waals surface area (Å²) in [5.74, 6) is 0.555. The van der Waals surface area contributed by atoms with Crippen molar-refractivity contribution in [3.8, 4) is 0 Å². The van der Waals surface area contributed by atoms with E-state index in [-0.39, 0.29) is 12.0 Å². The number of benzene rings is 1. The number of nitrogens with zero attached hydrogens (tertiary/aromatic N) is 5. The lowest BCUT2D eigenvalue weighted by molar-refractivity contribution is -0.133. The number of ether oxygens (including phenoxy) is 1. The van der Waals surface area contributed by atoms with Crippen LogP contribution in [-0.4, -0.2) is 63.4 Å². The first kappa shape index (κ1) is 19.5. The molecule has 2 aromatic rings. The molecule has 8 nitrogen and oxygen atoms in total. The van der Waals surface area contributed by atoms with Crippen LogP contribution < -0.4 is 5.73 Å². The molecule has 1 aliphatic rings. The summed E-state index contributed by atoms with van der Waals surface area (Å²) in [5, 5.41) is 12.7. The molecule has 2 N–H and O–H groups in total. The summed E-state index contributed by atoms with van der Waals surface area (Å²) in [6, 6.07) is 5.51. The number of amides is 1. The molecule has 1 saturated heterocycles. The normalized spacial score (nSPS) is 17.6. The Balaban J connectivity index is 1.71. The molecule has 2 heterocycles. The lowest BCUT2D eigenvalue weighted by atomic mass is 10.1. The van der Waals surface area contributed by atoms with Gasteiger partial charge in [-0.3, -0.25) is 4.79 Å². The molecular weight excluding hydrogens is 368 g/mol. The van der Waals surface area contributed by atoms with Gasteiger partial charge in [0.2, 0.25) is 5.91 Å². The van der Waals surface area contributed by atoms with Crippen molar-refractivity contribution in [2.24, 2.45) is 5.73 Å². The van der Waals surface area contributed by atoms with Crippen LogP contribution in [0.3, 0.4) is 0 Å². The zero-order valence-electron chi connectivity index (χ0n) is 15.2. The van der Waals surface area contributed by atoms with Crippen LogP contribution in [0.2, 0.25) is 5.02 Å². The molecule has 3 rings (SSSR count). The molecule has 0 aliphatic carbocycles. The largest absolute Gasteiger partial charge is 0.374 e. The molecule has 1 unspecified atom stereocenters. The van der Waals surface area contributed by atoms with Crippen molar-refractivity contribution in [3.05, 3.63) is 46.2 Å². The molecule has 9 heteroatoms. The highest BCUT2D eigenvalue weighted by Gasteiger charge is 2.22. The predicted molar refractivity (Wildman–Crippen MR) is 102 cm³/mol.